The Balaban J connectivity index is 0.000000198. The first-order chi connectivity index (χ1) is 53.8. The maximum Gasteiger partial charge on any atom is 0.358 e. The standard InChI is InChI=1S/C27H22N6O.C20H14N4O2.C11H18N2OS.C10H14N2OS.C7H10N2.C6H5NO.C4H11NOS/c1-17(21-11-5-6-14-29-21)31-27(34)25-26(28)33-23(18-8-3-2-4-9-18)24(32-25)20-12-13-22-19(16-20)10-7-15-30-22;21-19-18(20(25)26)23-17(16(24-19)12-5-2-1-3-6-12)14-8-9-15-13(11-14)7-4-10-22-15;1-9(10-7-5-6-8-12-10)13-15(14)11(2,3)4;1-10(2,3)14(13)12-8-9-6-4-5-7-11-9;1-6(8)7-4-2-3-5-9-7;8-5-6-3-1-2-4-7-6;1-4(2,3)7(5)6/h2-17H,1H3,(H2,28,33)(H,31,34);1-11H,(H2,21,24)(H,25,26);5-9,13H,1-4H3;4-8H,1-3H3;2-6H,8H2,1H3;1-5H;5H2,1-3H3/t17-;;9-,15?;;6-;;7-/m0.0.0.0/s1. The van der Waals surface area contributed by atoms with Crippen molar-refractivity contribution in [3.8, 4) is 45.0 Å². The fourth-order valence-corrected chi connectivity index (χ4v) is 10.8. The van der Waals surface area contributed by atoms with Gasteiger partial charge in [-0.05, 0) is 180 Å². The minimum absolute atomic E-state index is 0.00579. The molecule has 0 aliphatic rings. The highest BCUT2D eigenvalue weighted by Crippen LogP contribution is 2.35. The number of aldehydes is 1. The Hall–Kier alpha value is -12.2. The summed E-state index contributed by atoms with van der Waals surface area (Å²) in [4.78, 5) is 81.6. The molecule has 28 heteroatoms. The van der Waals surface area contributed by atoms with Gasteiger partial charge >= 0.3 is 5.97 Å². The second-order valence-corrected chi connectivity index (χ2v) is 33.5. The van der Waals surface area contributed by atoms with Crippen molar-refractivity contribution in [2.24, 2.45) is 15.3 Å². The van der Waals surface area contributed by atoms with E-state index in [-0.39, 0.29) is 55.4 Å². The number of hydrogen-bond donors (Lipinski definition) is 7. The minimum atomic E-state index is -1.21. The maximum atomic E-state index is 13.2. The number of carbonyl (C=O) groups excluding carboxylic acids is 2. The number of carboxylic acid groups (broad SMARTS) is 1. The third-order valence-corrected chi connectivity index (χ3v) is 19.9. The van der Waals surface area contributed by atoms with Crippen LogP contribution in [0.4, 0.5) is 11.6 Å². The first-order valence-electron chi connectivity index (χ1n) is 35.6. The molecule has 13 rings (SSSR count). The summed E-state index contributed by atoms with van der Waals surface area (Å²) in [5.74, 6) is -1.66. The quantitative estimate of drug-likeness (QED) is 0.0370. The number of hydrogen-bond acceptors (Lipinski definition) is 20. The van der Waals surface area contributed by atoms with Gasteiger partial charge in [0.1, 0.15) is 16.7 Å². The number of fused-ring (bicyclic) bond motifs is 2. The van der Waals surface area contributed by atoms with Crippen molar-refractivity contribution in [1.82, 2.24) is 64.9 Å². The molecule has 0 aliphatic heterocycles. The topological polar surface area (TPSA) is 405 Å². The highest BCUT2D eigenvalue weighted by Gasteiger charge is 2.25. The van der Waals surface area contributed by atoms with Crippen LogP contribution in [0, 0.1) is 0 Å². The number of nitrogens with two attached hydrogens (primary N) is 4. The summed E-state index contributed by atoms with van der Waals surface area (Å²) >= 11 is 0. The summed E-state index contributed by atoms with van der Waals surface area (Å²) in [5.41, 5.74) is 28.4. The van der Waals surface area contributed by atoms with E-state index in [9.17, 15) is 32.1 Å². The molecule has 9 heterocycles. The third-order valence-electron chi connectivity index (χ3n) is 15.6. The molecule has 0 spiro atoms. The van der Waals surface area contributed by atoms with E-state index in [4.69, 9.17) is 27.3 Å². The normalized spacial score (nSPS) is 12.6. The Bertz CT molecular complexity index is 5310. The number of benzene rings is 4. The van der Waals surface area contributed by atoms with Crippen molar-refractivity contribution >= 4 is 90.8 Å². The molecule has 0 saturated heterocycles. The lowest BCUT2D eigenvalue weighted by atomic mass is 10.0. The van der Waals surface area contributed by atoms with Crippen LogP contribution in [0.3, 0.4) is 0 Å². The molecule has 584 valence electrons. The van der Waals surface area contributed by atoms with Crippen molar-refractivity contribution in [3.05, 3.63) is 296 Å². The number of aromatic nitrogens is 11. The molecule has 11 N–H and O–H groups in total. The minimum Gasteiger partial charge on any atom is -0.476 e. The highest BCUT2D eigenvalue weighted by molar-refractivity contribution is 7.85. The van der Waals surface area contributed by atoms with E-state index in [1.54, 1.807) is 67.8 Å². The van der Waals surface area contributed by atoms with E-state index in [0.717, 1.165) is 73.1 Å². The first kappa shape index (κ1) is 88.0. The monoisotopic (exact) mass is 1570 g/mol. The van der Waals surface area contributed by atoms with Crippen molar-refractivity contribution < 1.29 is 32.1 Å². The Kier molecular flexibility index (Phi) is 33.4. The molecule has 1 amide bonds. The van der Waals surface area contributed by atoms with Crippen LogP contribution in [0.2, 0.25) is 0 Å². The number of amides is 1. The van der Waals surface area contributed by atoms with Crippen LogP contribution >= 0.6 is 0 Å². The summed E-state index contributed by atoms with van der Waals surface area (Å²) in [6.07, 6.45) is 14.2. The second-order valence-electron chi connectivity index (χ2n) is 27.8. The summed E-state index contributed by atoms with van der Waals surface area (Å²) < 4.78 is 39.9. The number of pyridine rings is 7. The molecule has 6 atom stereocenters. The van der Waals surface area contributed by atoms with E-state index in [2.05, 4.69) is 64.3 Å². The lowest BCUT2D eigenvalue weighted by Crippen LogP contribution is -2.35. The van der Waals surface area contributed by atoms with Crippen LogP contribution in [0.25, 0.3) is 66.8 Å². The van der Waals surface area contributed by atoms with Crippen molar-refractivity contribution in [1.29, 1.82) is 0 Å². The second kappa shape index (κ2) is 42.9. The molecule has 9 aromatic heterocycles. The SMILES string of the molecule is CC(C)(C)S(=O)N=Cc1ccccn1.CC(C)(C)[S@@](N)=O.C[C@H](N)c1ccccn1.C[C@H](NC(=O)c1nc(-c2ccc3ncccc3c2)c(-c2ccccc2)nc1N)c1ccccn1.C[C@H](NS(=O)C(C)(C)C)c1ccccn1.Nc1nc(-c2ccccc2)c(-c2ccc3ncccc3c2)nc1C(=O)O.O=Cc1ccccn1. The van der Waals surface area contributed by atoms with Gasteiger partial charge < -0.3 is 27.6 Å². The Morgan fingerprint density at radius 2 is 0.832 bits per heavy atom. The van der Waals surface area contributed by atoms with E-state index < -0.39 is 44.8 Å². The van der Waals surface area contributed by atoms with E-state index in [1.807, 2.05) is 277 Å². The number of rotatable bonds is 15. The zero-order valence-corrected chi connectivity index (χ0v) is 67.4. The average Bonchev–Trinajstić information content (AvgIpc) is 0.779. The fourth-order valence-electron chi connectivity index (χ4n) is 9.47. The van der Waals surface area contributed by atoms with Gasteiger partial charge in [-0.2, -0.15) is 4.40 Å². The Morgan fingerprint density at radius 3 is 1.20 bits per heavy atom. The molecular formula is C85H94N18O7S3. The molecule has 113 heavy (non-hydrogen) atoms. The Labute approximate surface area is 666 Å². The molecule has 4 aromatic carbocycles. The molecule has 25 nitrogen and oxygen atoms in total. The van der Waals surface area contributed by atoms with Gasteiger partial charge in [-0.3, -0.25) is 49.6 Å². The molecule has 0 radical (unpaired) electrons. The van der Waals surface area contributed by atoms with Gasteiger partial charge in [-0.25, -0.2) is 42.1 Å². The van der Waals surface area contributed by atoms with Crippen LogP contribution in [-0.2, 0) is 33.0 Å². The largest absolute Gasteiger partial charge is 0.476 e. The van der Waals surface area contributed by atoms with E-state index >= 15 is 0 Å². The maximum absolute atomic E-state index is 13.2. The summed E-state index contributed by atoms with van der Waals surface area (Å²) in [5, 5.41) is 19.2. The van der Waals surface area contributed by atoms with Crippen LogP contribution in [-0.4, -0.2) is 111 Å². The number of nitrogens with zero attached hydrogens (tertiary/aromatic N) is 12. The van der Waals surface area contributed by atoms with E-state index in [0.29, 0.717) is 28.5 Å². The number of carbonyl (C=O) groups is 3. The summed E-state index contributed by atoms with van der Waals surface area (Å²) in [6.45, 7) is 22.8. The fraction of sp³-hybridized carbons (Fsp3) is 0.212. The molecule has 0 bridgehead atoms. The zero-order chi connectivity index (χ0) is 82.3. The summed E-state index contributed by atoms with van der Waals surface area (Å²) in [6, 6.07) is 65.8. The molecule has 0 aliphatic carbocycles. The highest BCUT2D eigenvalue weighted by atomic mass is 32.2. The van der Waals surface area contributed by atoms with E-state index in [1.165, 1.54) is 0 Å². The van der Waals surface area contributed by atoms with Crippen molar-refractivity contribution in [2.45, 2.75) is 115 Å². The number of aromatic carboxylic acids is 1. The number of carboxylic acids is 1. The van der Waals surface area contributed by atoms with Gasteiger partial charge in [0, 0.05) is 82.4 Å². The van der Waals surface area contributed by atoms with Crippen LogP contribution in [0.5, 0.6) is 0 Å². The van der Waals surface area contributed by atoms with Gasteiger partial charge in [-0.1, -0.05) is 115 Å². The van der Waals surface area contributed by atoms with Gasteiger partial charge in [-0.15, -0.1) is 0 Å². The smallest absolute Gasteiger partial charge is 0.358 e. The first-order valence-corrected chi connectivity index (χ1v) is 39.1. The predicted molar refractivity (Wildman–Crippen MR) is 454 cm³/mol. The predicted octanol–water partition coefficient (Wildman–Crippen LogP) is 15.0. The van der Waals surface area contributed by atoms with Gasteiger partial charge in [0.2, 0.25) is 0 Å². The lowest BCUT2D eigenvalue weighted by Gasteiger charge is -2.21. The molecule has 0 saturated carbocycles. The van der Waals surface area contributed by atoms with Gasteiger partial charge in [0.05, 0.1) is 111 Å². The van der Waals surface area contributed by atoms with Crippen LogP contribution in [0.1, 0.15) is 155 Å². The van der Waals surface area contributed by atoms with Crippen LogP contribution in [0.15, 0.2) is 260 Å². The number of anilines is 2. The summed E-state index contributed by atoms with van der Waals surface area (Å²) in [7, 11) is -3.45. The lowest BCUT2D eigenvalue weighted by molar-refractivity contribution is 0.0691. The van der Waals surface area contributed by atoms with Gasteiger partial charge in [0.25, 0.3) is 5.91 Å². The Morgan fingerprint density at radius 1 is 0.442 bits per heavy atom. The number of nitrogens with one attached hydrogen (secondary N) is 2. The zero-order valence-electron chi connectivity index (χ0n) is 64.9. The molecule has 2 unspecified atom stereocenters. The van der Waals surface area contributed by atoms with Crippen molar-refractivity contribution in [3.63, 3.8) is 0 Å². The molecule has 0 fully saturated rings. The van der Waals surface area contributed by atoms with Gasteiger partial charge in [0.15, 0.2) is 29.3 Å². The average molecular weight is 1580 g/mol. The number of nitrogen functional groups attached to an aromatic ring is 2. The van der Waals surface area contributed by atoms with Crippen molar-refractivity contribution in [2.75, 3.05) is 11.5 Å². The molecule has 13 aromatic rings. The third kappa shape index (κ3) is 28.0. The van der Waals surface area contributed by atoms with Crippen LogP contribution < -0.4 is 32.4 Å². The molecular weight excluding hydrogens is 1480 g/mol.